The largest absolute Gasteiger partial charge is 0.496 e. The number of thiocarbonyl (C=S) groups is 1. The normalized spacial score (nSPS) is 15.8. The maximum absolute atomic E-state index is 12.8. The van der Waals surface area contributed by atoms with Gasteiger partial charge in [-0.05, 0) is 31.2 Å². The number of amides is 1. The highest BCUT2D eigenvalue weighted by Gasteiger charge is 2.33. The molecule has 0 radical (unpaired) electrons. The van der Waals surface area contributed by atoms with Crippen LogP contribution < -0.4 is 9.64 Å². The quantitative estimate of drug-likeness (QED) is 0.457. The van der Waals surface area contributed by atoms with Gasteiger partial charge in [0.2, 0.25) is 0 Å². The van der Waals surface area contributed by atoms with Gasteiger partial charge in [-0.2, -0.15) is 0 Å². The van der Waals surface area contributed by atoms with Gasteiger partial charge in [0.1, 0.15) is 5.75 Å². The van der Waals surface area contributed by atoms with Crippen molar-refractivity contribution in [3.8, 4) is 5.75 Å². The predicted molar refractivity (Wildman–Crippen MR) is 105 cm³/mol. The minimum atomic E-state index is -0.207. The molecular formula is C19H15NO3S2. The number of methoxy groups -OCH3 is 1. The standard InChI is InChI=1S/C19H15NO3S2/c1-12(21)13-7-5-8-15(10-13)20-18(22)17(25-19(20)24)11-14-6-3-4-9-16(14)23-2/h3-11H,1-2H3/b17-11-. The van der Waals surface area contributed by atoms with Gasteiger partial charge in [-0.25, -0.2) is 0 Å². The average molecular weight is 369 g/mol. The summed E-state index contributed by atoms with van der Waals surface area (Å²) in [5.74, 6) is 0.421. The van der Waals surface area contributed by atoms with Crippen LogP contribution in [0.1, 0.15) is 22.8 Å². The molecule has 1 fully saturated rings. The minimum Gasteiger partial charge on any atom is -0.496 e. The number of carbonyl (C=O) groups is 2. The Balaban J connectivity index is 1.97. The third-order valence-electron chi connectivity index (χ3n) is 3.73. The molecule has 1 amide bonds. The first-order valence-electron chi connectivity index (χ1n) is 7.53. The van der Waals surface area contributed by atoms with E-state index in [9.17, 15) is 9.59 Å². The molecule has 1 aliphatic heterocycles. The molecule has 0 atom stereocenters. The fraction of sp³-hybridized carbons (Fsp3) is 0.105. The molecule has 0 aliphatic carbocycles. The number of carbonyl (C=O) groups excluding carboxylic acids is 2. The maximum atomic E-state index is 12.8. The van der Waals surface area contributed by atoms with Crippen LogP contribution >= 0.6 is 24.0 Å². The molecule has 0 saturated carbocycles. The molecule has 25 heavy (non-hydrogen) atoms. The first-order valence-corrected chi connectivity index (χ1v) is 8.75. The molecule has 1 saturated heterocycles. The van der Waals surface area contributed by atoms with E-state index < -0.39 is 0 Å². The molecule has 4 nitrogen and oxygen atoms in total. The van der Waals surface area contributed by atoms with E-state index in [2.05, 4.69) is 0 Å². The van der Waals surface area contributed by atoms with Crippen LogP contribution in [0.3, 0.4) is 0 Å². The van der Waals surface area contributed by atoms with Crippen molar-refractivity contribution >= 4 is 51.8 Å². The van der Waals surface area contributed by atoms with E-state index in [4.69, 9.17) is 17.0 Å². The number of thioether (sulfide) groups is 1. The third-order valence-corrected chi connectivity index (χ3v) is 5.03. The molecule has 3 rings (SSSR count). The van der Waals surface area contributed by atoms with E-state index in [0.29, 0.717) is 26.2 Å². The molecule has 1 heterocycles. The number of benzene rings is 2. The molecule has 0 aromatic heterocycles. The lowest BCUT2D eigenvalue weighted by molar-refractivity contribution is -0.113. The van der Waals surface area contributed by atoms with Gasteiger partial charge in [0, 0.05) is 11.1 Å². The van der Waals surface area contributed by atoms with Gasteiger partial charge in [-0.3, -0.25) is 14.5 Å². The number of anilines is 1. The lowest BCUT2D eigenvalue weighted by Crippen LogP contribution is -2.27. The van der Waals surface area contributed by atoms with Crippen molar-refractivity contribution in [2.45, 2.75) is 6.92 Å². The molecule has 1 aliphatic rings. The predicted octanol–water partition coefficient (Wildman–Crippen LogP) is 4.30. The van der Waals surface area contributed by atoms with Crippen LogP contribution in [0.2, 0.25) is 0 Å². The highest BCUT2D eigenvalue weighted by Crippen LogP contribution is 2.37. The van der Waals surface area contributed by atoms with Crippen molar-refractivity contribution in [3.05, 3.63) is 64.6 Å². The molecule has 0 bridgehead atoms. The molecule has 2 aromatic carbocycles. The van der Waals surface area contributed by atoms with Crippen molar-refractivity contribution < 1.29 is 14.3 Å². The second-order valence-electron chi connectivity index (χ2n) is 5.37. The Morgan fingerprint density at radius 2 is 1.96 bits per heavy atom. The molecular weight excluding hydrogens is 354 g/mol. The fourth-order valence-corrected chi connectivity index (χ4v) is 3.77. The Labute approximate surface area is 155 Å². The Bertz CT molecular complexity index is 905. The zero-order valence-corrected chi connectivity index (χ0v) is 15.3. The van der Waals surface area contributed by atoms with Crippen LogP contribution in [0.25, 0.3) is 6.08 Å². The van der Waals surface area contributed by atoms with Crippen LogP contribution in [-0.4, -0.2) is 23.1 Å². The number of ether oxygens (including phenoxy) is 1. The summed E-state index contributed by atoms with van der Waals surface area (Å²) in [6.07, 6.45) is 1.77. The SMILES string of the molecule is COc1ccccc1/C=C1\SC(=S)N(c2cccc(C(C)=O)c2)C1=O. The maximum Gasteiger partial charge on any atom is 0.270 e. The highest BCUT2D eigenvalue weighted by atomic mass is 32.2. The monoisotopic (exact) mass is 369 g/mol. The smallest absolute Gasteiger partial charge is 0.270 e. The Kier molecular flexibility index (Phi) is 5.01. The Morgan fingerprint density at radius 1 is 1.20 bits per heavy atom. The molecule has 6 heteroatoms. The van der Waals surface area contributed by atoms with Crippen molar-refractivity contribution in [1.29, 1.82) is 0 Å². The summed E-state index contributed by atoms with van der Waals surface area (Å²) in [4.78, 5) is 26.4. The molecule has 2 aromatic rings. The van der Waals surface area contributed by atoms with Crippen LogP contribution in [0.5, 0.6) is 5.75 Å². The Hall–Kier alpha value is -2.44. The van der Waals surface area contributed by atoms with Crippen LogP contribution in [0.4, 0.5) is 5.69 Å². The molecule has 0 unspecified atom stereocenters. The fourth-order valence-electron chi connectivity index (χ4n) is 2.48. The lowest BCUT2D eigenvalue weighted by atomic mass is 10.1. The number of rotatable bonds is 4. The van der Waals surface area contributed by atoms with E-state index in [-0.39, 0.29) is 11.7 Å². The van der Waals surface area contributed by atoms with Crippen LogP contribution in [0.15, 0.2) is 53.4 Å². The van der Waals surface area contributed by atoms with Gasteiger partial charge in [0.15, 0.2) is 10.1 Å². The Morgan fingerprint density at radius 3 is 2.68 bits per heavy atom. The van der Waals surface area contributed by atoms with Gasteiger partial charge in [-0.1, -0.05) is 54.3 Å². The summed E-state index contributed by atoms with van der Waals surface area (Å²) in [6.45, 7) is 1.49. The second kappa shape index (κ2) is 7.21. The van der Waals surface area contributed by atoms with Gasteiger partial charge in [0.05, 0.1) is 17.7 Å². The highest BCUT2D eigenvalue weighted by molar-refractivity contribution is 8.27. The van der Waals surface area contributed by atoms with E-state index in [1.54, 1.807) is 37.5 Å². The topological polar surface area (TPSA) is 46.6 Å². The van der Waals surface area contributed by atoms with Gasteiger partial charge < -0.3 is 4.74 Å². The number of ketones is 1. The molecule has 0 N–H and O–H groups in total. The summed E-state index contributed by atoms with van der Waals surface area (Å²) in [6, 6.07) is 14.4. The number of nitrogens with zero attached hydrogens (tertiary/aromatic N) is 1. The van der Waals surface area contributed by atoms with E-state index in [1.165, 1.54) is 23.6 Å². The minimum absolute atomic E-state index is 0.0585. The number of para-hydroxylation sites is 1. The summed E-state index contributed by atoms with van der Waals surface area (Å²) in [7, 11) is 1.59. The lowest BCUT2D eigenvalue weighted by Gasteiger charge is -2.15. The van der Waals surface area contributed by atoms with E-state index in [1.807, 2.05) is 24.3 Å². The van der Waals surface area contributed by atoms with Crippen molar-refractivity contribution in [1.82, 2.24) is 0 Å². The number of hydrogen-bond acceptors (Lipinski definition) is 5. The third kappa shape index (κ3) is 3.50. The van der Waals surface area contributed by atoms with Gasteiger partial charge >= 0.3 is 0 Å². The van der Waals surface area contributed by atoms with E-state index >= 15 is 0 Å². The summed E-state index contributed by atoms with van der Waals surface area (Å²) in [5, 5.41) is 0. The van der Waals surface area contributed by atoms with Crippen molar-refractivity contribution in [3.63, 3.8) is 0 Å². The zero-order valence-electron chi connectivity index (χ0n) is 13.7. The first kappa shape index (κ1) is 17.4. The molecule has 126 valence electrons. The average Bonchev–Trinajstić information content (AvgIpc) is 2.89. The first-order chi connectivity index (χ1) is 12.0. The van der Waals surface area contributed by atoms with Crippen LogP contribution in [0, 0.1) is 0 Å². The molecule has 0 spiro atoms. The summed E-state index contributed by atoms with van der Waals surface area (Å²) < 4.78 is 5.76. The van der Waals surface area contributed by atoms with E-state index in [0.717, 1.165) is 5.56 Å². The zero-order chi connectivity index (χ0) is 18.0. The second-order valence-corrected chi connectivity index (χ2v) is 7.04. The van der Waals surface area contributed by atoms with Crippen LogP contribution in [-0.2, 0) is 4.79 Å². The van der Waals surface area contributed by atoms with Gasteiger partial charge in [0.25, 0.3) is 5.91 Å². The number of Topliss-reactive ketones (excluding diaryl/α,β-unsaturated/α-hetero) is 1. The van der Waals surface area contributed by atoms with Crippen molar-refractivity contribution in [2.75, 3.05) is 12.0 Å². The summed E-state index contributed by atoms with van der Waals surface area (Å²) >= 11 is 6.61. The number of hydrogen-bond donors (Lipinski definition) is 0. The van der Waals surface area contributed by atoms with Gasteiger partial charge in [-0.15, -0.1) is 0 Å². The summed E-state index contributed by atoms with van der Waals surface area (Å²) in [5.41, 5.74) is 1.95. The van der Waals surface area contributed by atoms with Crippen molar-refractivity contribution in [2.24, 2.45) is 0 Å².